The van der Waals surface area contributed by atoms with E-state index in [-0.39, 0.29) is 0 Å². The van der Waals surface area contributed by atoms with Gasteiger partial charge in [-0.05, 0) is 35.7 Å². The van der Waals surface area contributed by atoms with Crippen molar-refractivity contribution in [1.29, 1.82) is 0 Å². The Morgan fingerprint density at radius 3 is 3.05 bits per heavy atom. The number of fused-ring (bicyclic) bond motifs is 1. The van der Waals surface area contributed by atoms with Crippen molar-refractivity contribution in [3.8, 4) is 11.3 Å². The molecule has 0 unspecified atom stereocenters. The molecule has 0 spiro atoms. The summed E-state index contributed by atoms with van der Waals surface area (Å²) in [5.41, 5.74) is 3.46. The van der Waals surface area contributed by atoms with E-state index in [0.29, 0.717) is 6.54 Å². The van der Waals surface area contributed by atoms with Crippen LogP contribution < -0.4 is 5.32 Å². The van der Waals surface area contributed by atoms with Crippen molar-refractivity contribution >= 4 is 22.7 Å². The number of rotatable bonds is 4. The number of nitrogens with zero attached hydrogens (tertiary/aromatic N) is 2. The molecule has 0 radical (unpaired) electrons. The van der Waals surface area contributed by atoms with Crippen LogP contribution in [0.2, 0.25) is 0 Å². The quantitative estimate of drug-likeness (QED) is 0.611. The lowest BCUT2D eigenvalue weighted by atomic mass is 10.2. The van der Waals surface area contributed by atoms with Crippen LogP contribution in [0, 0.1) is 0 Å². The van der Waals surface area contributed by atoms with E-state index in [1.807, 2.05) is 24.5 Å². The van der Waals surface area contributed by atoms with Gasteiger partial charge in [0, 0.05) is 23.3 Å². The zero-order chi connectivity index (χ0) is 14.1. The molecule has 4 nitrogen and oxygen atoms in total. The maximum Gasteiger partial charge on any atom is 0.150 e. The Labute approximate surface area is 125 Å². The molecule has 4 rings (SSSR count). The molecule has 0 aliphatic rings. The maximum atomic E-state index is 5.34. The molecule has 5 heteroatoms. The normalized spacial score (nSPS) is 11.0. The third-order valence-corrected chi connectivity index (χ3v) is 4.09. The Morgan fingerprint density at radius 1 is 1.24 bits per heavy atom. The Bertz CT molecular complexity index is 847. The first-order chi connectivity index (χ1) is 10.4. The van der Waals surface area contributed by atoms with E-state index in [0.717, 1.165) is 17.1 Å². The van der Waals surface area contributed by atoms with Gasteiger partial charge in [-0.3, -0.25) is 0 Å². The molecular weight excluding hydrogens is 282 g/mol. The Morgan fingerprint density at radius 2 is 2.24 bits per heavy atom. The van der Waals surface area contributed by atoms with Crippen LogP contribution in [0.25, 0.3) is 16.8 Å². The lowest BCUT2D eigenvalue weighted by molar-refractivity contribution is 0.518. The summed E-state index contributed by atoms with van der Waals surface area (Å²) in [4.78, 5) is 4.43. The zero-order valence-electron chi connectivity index (χ0n) is 11.2. The number of hydrogen-bond donors (Lipinski definition) is 1. The molecule has 4 aromatic rings. The van der Waals surface area contributed by atoms with E-state index in [2.05, 4.69) is 43.7 Å². The van der Waals surface area contributed by atoms with Gasteiger partial charge in [-0.2, -0.15) is 11.3 Å². The summed E-state index contributed by atoms with van der Waals surface area (Å²) in [7, 11) is 0. The van der Waals surface area contributed by atoms with Gasteiger partial charge in [-0.25, -0.2) is 4.98 Å². The number of aromatic nitrogens is 2. The molecule has 21 heavy (non-hydrogen) atoms. The van der Waals surface area contributed by atoms with Gasteiger partial charge in [0.15, 0.2) is 5.82 Å². The van der Waals surface area contributed by atoms with Gasteiger partial charge in [0.25, 0.3) is 0 Å². The Balaban J connectivity index is 1.70. The van der Waals surface area contributed by atoms with E-state index >= 15 is 0 Å². The minimum atomic E-state index is 0.624. The molecule has 0 saturated heterocycles. The van der Waals surface area contributed by atoms with E-state index < -0.39 is 0 Å². The molecule has 0 bridgehead atoms. The Kier molecular flexibility index (Phi) is 2.97. The van der Waals surface area contributed by atoms with Gasteiger partial charge in [-0.1, -0.05) is 0 Å². The zero-order valence-corrected chi connectivity index (χ0v) is 12.0. The van der Waals surface area contributed by atoms with Crippen molar-refractivity contribution in [2.24, 2.45) is 0 Å². The number of furan rings is 1. The largest absolute Gasteiger partial charge is 0.467 e. The molecule has 0 aliphatic carbocycles. The summed E-state index contributed by atoms with van der Waals surface area (Å²) in [5.74, 6) is 1.75. The lowest BCUT2D eigenvalue weighted by Gasteiger charge is -2.07. The average Bonchev–Trinajstić information content (AvgIpc) is 3.24. The van der Waals surface area contributed by atoms with E-state index in [1.54, 1.807) is 17.6 Å². The molecule has 4 heterocycles. The predicted octanol–water partition coefficient (Wildman–Crippen LogP) is 4.27. The molecule has 0 amide bonds. The van der Waals surface area contributed by atoms with Crippen LogP contribution in [0.4, 0.5) is 5.82 Å². The average molecular weight is 295 g/mol. The predicted molar refractivity (Wildman–Crippen MR) is 84.5 cm³/mol. The topological polar surface area (TPSA) is 42.5 Å². The third kappa shape index (κ3) is 2.21. The molecular formula is C16H13N3OS. The smallest absolute Gasteiger partial charge is 0.150 e. The molecule has 1 N–H and O–H groups in total. The molecule has 0 aliphatic heterocycles. The Hall–Kier alpha value is -2.53. The highest BCUT2D eigenvalue weighted by Crippen LogP contribution is 2.27. The van der Waals surface area contributed by atoms with Crippen LogP contribution in [0.15, 0.2) is 64.2 Å². The summed E-state index contributed by atoms with van der Waals surface area (Å²) in [6, 6.07) is 10.2. The first-order valence-electron chi connectivity index (χ1n) is 6.67. The van der Waals surface area contributed by atoms with Crippen molar-refractivity contribution in [2.75, 3.05) is 5.32 Å². The highest BCUT2D eigenvalue weighted by Gasteiger charge is 2.09. The number of thiophene rings is 1. The summed E-state index contributed by atoms with van der Waals surface area (Å²) < 4.78 is 7.49. The van der Waals surface area contributed by atoms with Crippen molar-refractivity contribution in [2.45, 2.75) is 6.54 Å². The van der Waals surface area contributed by atoms with Crippen LogP contribution in [-0.4, -0.2) is 9.38 Å². The van der Waals surface area contributed by atoms with Gasteiger partial charge in [0.1, 0.15) is 5.76 Å². The number of hydrogen-bond acceptors (Lipinski definition) is 4. The van der Waals surface area contributed by atoms with Crippen LogP contribution in [0.5, 0.6) is 0 Å². The highest BCUT2D eigenvalue weighted by molar-refractivity contribution is 7.08. The number of anilines is 1. The summed E-state index contributed by atoms with van der Waals surface area (Å²) in [6.07, 6.45) is 5.48. The first-order valence-corrected chi connectivity index (χ1v) is 7.61. The SMILES string of the molecule is c1coc(CNc2nccn3c(-c4ccsc4)ccc23)c1. The van der Waals surface area contributed by atoms with Crippen LogP contribution >= 0.6 is 11.3 Å². The minimum absolute atomic E-state index is 0.624. The second kappa shape index (κ2) is 5.10. The van der Waals surface area contributed by atoms with Gasteiger partial charge in [-0.15, -0.1) is 0 Å². The molecule has 0 fully saturated rings. The third-order valence-electron chi connectivity index (χ3n) is 3.41. The van der Waals surface area contributed by atoms with Crippen LogP contribution in [0.3, 0.4) is 0 Å². The van der Waals surface area contributed by atoms with Gasteiger partial charge >= 0.3 is 0 Å². The van der Waals surface area contributed by atoms with Crippen molar-refractivity contribution in [3.05, 3.63) is 65.5 Å². The fraction of sp³-hybridized carbons (Fsp3) is 0.0625. The van der Waals surface area contributed by atoms with E-state index in [4.69, 9.17) is 4.42 Å². The summed E-state index contributed by atoms with van der Waals surface area (Å²) in [6.45, 7) is 0.624. The van der Waals surface area contributed by atoms with Crippen LogP contribution in [0.1, 0.15) is 5.76 Å². The fourth-order valence-electron chi connectivity index (χ4n) is 2.41. The van der Waals surface area contributed by atoms with Crippen molar-refractivity contribution in [1.82, 2.24) is 9.38 Å². The monoisotopic (exact) mass is 295 g/mol. The second-order valence-electron chi connectivity index (χ2n) is 4.69. The molecule has 4 aromatic heterocycles. The second-order valence-corrected chi connectivity index (χ2v) is 5.47. The molecule has 0 saturated carbocycles. The minimum Gasteiger partial charge on any atom is -0.467 e. The molecule has 0 atom stereocenters. The standard InChI is InChI=1S/C16H13N3OS/c1-2-13(20-8-1)10-18-16-15-4-3-14(12-5-9-21-11-12)19(15)7-6-17-16/h1-9,11H,10H2,(H,17,18). The summed E-state index contributed by atoms with van der Waals surface area (Å²) in [5, 5.41) is 7.57. The van der Waals surface area contributed by atoms with Gasteiger partial charge in [0.05, 0.1) is 24.0 Å². The first kappa shape index (κ1) is 12.2. The maximum absolute atomic E-state index is 5.34. The van der Waals surface area contributed by atoms with Gasteiger partial charge < -0.3 is 14.1 Å². The molecule has 0 aromatic carbocycles. The lowest BCUT2D eigenvalue weighted by Crippen LogP contribution is -2.02. The fourth-order valence-corrected chi connectivity index (χ4v) is 3.06. The molecule has 104 valence electrons. The van der Waals surface area contributed by atoms with Crippen LogP contribution in [-0.2, 0) is 6.54 Å². The van der Waals surface area contributed by atoms with E-state index in [9.17, 15) is 0 Å². The number of nitrogens with one attached hydrogen (secondary N) is 1. The summed E-state index contributed by atoms with van der Waals surface area (Å²) >= 11 is 1.70. The van der Waals surface area contributed by atoms with E-state index in [1.165, 1.54) is 11.3 Å². The van der Waals surface area contributed by atoms with Crippen molar-refractivity contribution in [3.63, 3.8) is 0 Å². The van der Waals surface area contributed by atoms with Crippen molar-refractivity contribution < 1.29 is 4.42 Å². The highest BCUT2D eigenvalue weighted by atomic mass is 32.1. The van der Waals surface area contributed by atoms with Gasteiger partial charge in [0.2, 0.25) is 0 Å².